The molecule has 8 heteroatoms. The third-order valence-electron chi connectivity index (χ3n) is 3.69. The molecule has 8 nitrogen and oxygen atoms in total. The van der Waals surface area contributed by atoms with Gasteiger partial charge < -0.3 is 10.9 Å². The number of imidazole rings is 1. The topological polar surface area (TPSA) is 127 Å². The summed E-state index contributed by atoms with van der Waals surface area (Å²) in [6.07, 6.45) is 1.56. The zero-order valence-electron chi connectivity index (χ0n) is 12.8. The highest BCUT2D eigenvalue weighted by Crippen LogP contribution is 2.27. The van der Waals surface area contributed by atoms with Crippen LogP contribution in [0.1, 0.15) is 5.69 Å². The second-order valence-corrected chi connectivity index (χ2v) is 5.24. The Morgan fingerprint density at radius 2 is 1.84 bits per heavy atom. The van der Waals surface area contributed by atoms with Crippen molar-refractivity contribution in [2.24, 2.45) is 0 Å². The van der Waals surface area contributed by atoms with E-state index < -0.39 is 0 Å². The van der Waals surface area contributed by atoms with Crippen LogP contribution >= 0.6 is 0 Å². The van der Waals surface area contributed by atoms with Crippen LogP contribution in [0.25, 0.3) is 33.9 Å². The zero-order valence-corrected chi connectivity index (χ0v) is 12.8. The fraction of sp³-hybridized carbons (Fsp3) is 0. The van der Waals surface area contributed by atoms with Gasteiger partial charge in [-0.3, -0.25) is 0 Å². The zero-order chi connectivity index (χ0) is 17.4. The van der Waals surface area contributed by atoms with Gasteiger partial charge in [-0.1, -0.05) is 6.07 Å². The molecule has 4 heterocycles. The number of fused-ring (bicyclic) bond motifs is 1. The first-order valence-electron chi connectivity index (χ1n) is 7.34. The van der Waals surface area contributed by atoms with Gasteiger partial charge in [-0.25, -0.2) is 19.9 Å². The summed E-state index contributed by atoms with van der Waals surface area (Å²) >= 11 is 0. The molecule has 0 bridgehead atoms. The van der Waals surface area contributed by atoms with Gasteiger partial charge in [-0.15, -0.1) is 4.73 Å². The van der Waals surface area contributed by atoms with Gasteiger partial charge in [0, 0.05) is 6.20 Å². The lowest BCUT2D eigenvalue weighted by Gasteiger charge is -2.03. The molecular weight excluding hydrogens is 318 g/mol. The molecule has 0 spiro atoms. The highest BCUT2D eigenvalue weighted by Gasteiger charge is 2.16. The number of nitrogen functional groups attached to an aromatic ring is 1. The minimum atomic E-state index is 0.254. The number of nitrogens with zero attached hydrogens (tertiary/aromatic N) is 6. The first-order chi connectivity index (χ1) is 12.2. The second-order valence-electron chi connectivity index (χ2n) is 5.24. The van der Waals surface area contributed by atoms with Crippen molar-refractivity contribution in [3.8, 4) is 28.8 Å². The lowest BCUT2D eigenvalue weighted by atomic mass is 10.2. The molecule has 0 aromatic carbocycles. The van der Waals surface area contributed by atoms with E-state index in [1.165, 1.54) is 0 Å². The summed E-state index contributed by atoms with van der Waals surface area (Å²) in [5.41, 5.74) is 8.48. The van der Waals surface area contributed by atoms with Gasteiger partial charge in [0.15, 0.2) is 11.5 Å². The molecule has 4 aromatic rings. The molecule has 0 saturated heterocycles. The Bertz CT molecular complexity index is 1140. The Hall–Kier alpha value is -3.99. The summed E-state index contributed by atoms with van der Waals surface area (Å²) in [5.74, 6) is 0.515. The quantitative estimate of drug-likeness (QED) is 0.540. The lowest BCUT2D eigenvalue weighted by Crippen LogP contribution is -2.00. The fourth-order valence-electron chi connectivity index (χ4n) is 2.51. The highest BCUT2D eigenvalue weighted by molar-refractivity contribution is 5.81. The van der Waals surface area contributed by atoms with E-state index in [1.54, 1.807) is 48.7 Å². The summed E-state index contributed by atoms with van der Waals surface area (Å²) in [5, 5.41) is 19.5. The number of nitrogens with two attached hydrogens (primary N) is 1. The molecule has 25 heavy (non-hydrogen) atoms. The smallest absolute Gasteiger partial charge is 0.197 e. The monoisotopic (exact) mass is 329 g/mol. The first-order valence-corrected chi connectivity index (χ1v) is 7.34. The van der Waals surface area contributed by atoms with Crippen LogP contribution in [-0.4, -0.2) is 29.9 Å². The molecule has 0 aliphatic carbocycles. The second kappa shape index (κ2) is 5.58. The Balaban J connectivity index is 1.88. The van der Waals surface area contributed by atoms with E-state index in [4.69, 9.17) is 11.0 Å². The van der Waals surface area contributed by atoms with Crippen molar-refractivity contribution in [3.63, 3.8) is 0 Å². The van der Waals surface area contributed by atoms with Crippen molar-refractivity contribution >= 4 is 17.0 Å². The maximum absolute atomic E-state index is 10.5. The maximum Gasteiger partial charge on any atom is 0.197 e. The standard InChI is InChI=1S/C17H11N7O/c18-9-10-3-1-5-12(21-10)13-6-7-14-17(22-13)24(25)16(23-14)11-4-2-8-20-15(11)19/h1-8,25H,(H2,19,20). The van der Waals surface area contributed by atoms with Crippen molar-refractivity contribution in [2.45, 2.75) is 0 Å². The minimum absolute atomic E-state index is 0.254. The van der Waals surface area contributed by atoms with Crippen molar-refractivity contribution < 1.29 is 5.21 Å². The predicted molar refractivity (Wildman–Crippen MR) is 90.3 cm³/mol. The fourth-order valence-corrected chi connectivity index (χ4v) is 2.51. The van der Waals surface area contributed by atoms with Crippen LogP contribution in [0.3, 0.4) is 0 Å². The third kappa shape index (κ3) is 2.40. The molecule has 0 unspecified atom stereocenters. The molecule has 0 fully saturated rings. The molecule has 0 aliphatic rings. The Morgan fingerprint density at radius 1 is 1.00 bits per heavy atom. The molecule has 0 amide bonds. The average molecular weight is 329 g/mol. The van der Waals surface area contributed by atoms with Crippen molar-refractivity contribution in [3.05, 3.63) is 54.4 Å². The van der Waals surface area contributed by atoms with Crippen LogP contribution < -0.4 is 5.73 Å². The molecule has 0 aliphatic heterocycles. The van der Waals surface area contributed by atoms with Gasteiger partial charge in [-0.05, 0) is 36.4 Å². The molecule has 120 valence electrons. The van der Waals surface area contributed by atoms with Gasteiger partial charge in [0.2, 0.25) is 0 Å². The van der Waals surface area contributed by atoms with E-state index in [2.05, 4.69) is 19.9 Å². The lowest BCUT2D eigenvalue weighted by molar-refractivity contribution is 0.201. The van der Waals surface area contributed by atoms with Gasteiger partial charge in [0.05, 0.1) is 17.0 Å². The number of rotatable bonds is 2. The normalized spacial score (nSPS) is 10.7. The summed E-state index contributed by atoms with van der Waals surface area (Å²) in [6, 6.07) is 14.0. The summed E-state index contributed by atoms with van der Waals surface area (Å²) in [6.45, 7) is 0. The van der Waals surface area contributed by atoms with E-state index >= 15 is 0 Å². The van der Waals surface area contributed by atoms with E-state index in [9.17, 15) is 5.21 Å². The summed E-state index contributed by atoms with van der Waals surface area (Å²) < 4.78 is 0.875. The largest absolute Gasteiger partial charge is 0.425 e. The molecule has 0 radical (unpaired) electrons. The molecular formula is C17H11N7O. The summed E-state index contributed by atoms with van der Waals surface area (Å²) in [7, 11) is 0. The SMILES string of the molecule is N#Cc1cccc(-c2ccc3nc(-c4cccnc4N)n(O)c3n2)n1. The third-order valence-corrected chi connectivity index (χ3v) is 3.69. The number of pyridine rings is 3. The Kier molecular flexibility index (Phi) is 3.26. The number of hydrogen-bond acceptors (Lipinski definition) is 7. The van der Waals surface area contributed by atoms with Gasteiger partial charge >= 0.3 is 0 Å². The maximum atomic E-state index is 10.5. The van der Waals surface area contributed by atoms with E-state index in [0.29, 0.717) is 28.2 Å². The van der Waals surface area contributed by atoms with E-state index in [-0.39, 0.29) is 17.3 Å². The minimum Gasteiger partial charge on any atom is -0.425 e. The molecule has 0 atom stereocenters. The molecule has 0 saturated carbocycles. The van der Waals surface area contributed by atoms with Gasteiger partial charge in [0.1, 0.15) is 23.1 Å². The average Bonchev–Trinajstić information content (AvgIpc) is 2.98. The van der Waals surface area contributed by atoms with Crippen LogP contribution in [-0.2, 0) is 0 Å². The van der Waals surface area contributed by atoms with Crippen LogP contribution in [0, 0.1) is 11.3 Å². The van der Waals surface area contributed by atoms with Crippen LogP contribution in [0.2, 0.25) is 0 Å². The van der Waals surface area contributed by atoms with Crippen molar-refractivity contribution in [1.29, 1.82) is 5.26 Å². The van der Waals surface area contributed by atoms with Crippen LogP contribution in [0.5, 0.6) is 0 Å². The number of hydrogen-bond donors (Lipinski definition) is 2. The van der Waals surface area contributed by atoms with Gasteiger partial charge in [0.25, 0.3) is 0 Å². The molecule has 3 N–H and O–H groups in total. The van der Waals surface area contributed by atoms with E-state index in [1.807, 2.05) is 6.07 Å². The highest BCUT2D eigenvalue weighted by atomic mass is 16.5. The van der Waals surface area contributed by atoms with Crippen molar-refractivity contribution in [1.82, 2.24) is 24.7 Å². The number of anilines is 1. The van der Waals surface area contributed by atoms with Crippen LogP contribution in [0.15, 0.2) is 48.7 Å². The Morgan fingerprint density at radius 3 is 2.64 bits per heavy atom. The summed E-state index contributed by atoms with van der Waals surface area (Å²) in [4.78, 5) is 17.0. The number of aromatic nitrogens is 5. The van der Waals surface area contributed by atoms with E-state index in [0.717, 1.165) is 4.73 Å². The van der Waals surface area contributed by atoms with Crippen molar-refractivity contribution in [2.75, 3.05) is 5.73 Å². The predicted octanol–water partition coefficient (Wildman–Crippen LogP) is 2.25. The van der Waals surface area contributed by atoms with Crippen LogP contribution in [0.4, 0.5) is 5.82 Å². The Labute approximate surface area is 141 Å². The van der Waals surface area contributed by atoms with Gasteiger partial charge in [-0.2, -0.15) is 5.26 Å². The molecule has 4 aromatic heterocycles. The first kappa shape index (κ1) is 14.6. The molecule has 4 rings (SSSR count). The number of nitriles is 1.